The molecule has 116 valence electrons. The molecule has 1 saturated heterocycles. The number of morpholine rings is 1. The molecule has 1 N–H and O–H groups in total. The molecule has 1 aliphatic heterocycles. The van der Waals surface area contributed by atoms with E-state index in [9.17, 15) is 10.1 Å². The van der Waals surface area contributed by atoms with Gasteiger partial charge in [-0.2, -0.15) is 0 Å². The van der Waals surface area contributed by atoms with E-state index in [0.29, 0.717) is 12.3 Å². The molecule has 7 heteroatoms. The molecule has 0 bridgehead atoms. The largest absolute Gasteiger partial charge is 0.496 e. The molecule has 0 aliphatic carbocycles. The molecule has 0 amide bonds. The van der Waals surface area contributed by atoms with Crippen LogP contribution in [0.5, 0.6) is 11.5 Å². The number of benzene rings is 1. The fourth-order valence-electron chi connectivity index (χ4n) is 2.23. The van der Waals surface area contributed by atoms with Crippen LogP contribution in [-0.4, -0.2) is 43.4 Å². The SMILES string of the molecule is COc1ccc(OCC2CNCC(C)(C)O2)c([N+](=O)[O-])c1. The summed E-state index contributed by atoms with van der Waals surface area (Å²) in [6, 6.07) is 4.52. The summed E-state index contributed by atoms with van der Waals surface area (Å²) in [5, 5.41) is 14.3. The predicted molar refractivity (Wildman–Crippen MR) is 77.0 cm³/mol. The zero-order chi connectivity index (χ0) is 15.5. The van der Waals surface area contributed by atoms with Crippen molar-refractivity contribution in [3.05, 3.63) is 28.3 Å². The molecule has 0 spiro atoms. The molecule has 1 heterocycles. The smallest absolute Gasteiger partial charge is 0.314 e. The Morgan fingerprint density at radius 2 is 2.29 bits per heavy atom. The summed E-state index contributed by atoms with van der Waals surface area (Å²) in [4.78, 5) is 10.6. The van der Waals surface area contributed by atoms with Gasteiger partial charge in [-0.15, -0.1) is 0 Å². The summed E-state index contributed by atoms with van der Waals surface area (Å²) in [6.07, 6.45) is -0.143. The third-order valence-corrected chi connectivity index (χ3v) is 3.20. The molecule has 1 aliphatic rings. The van der Waals surface area contributed by atoms with Crippen LogP contribution < -0.4 is 14.8 Å². The summed E-state index contributed by atoms with van der Waals surface area (Å²) < 4.78 is 16.4. The fourth-order valence-corrected chi connectivity index (χ4v) is 2.23. The first kappa shape index (κ1) is 15.5. The van der Waals surface area contributed by atoms with E-state index in [0.717, 1.165) is 6.54 Å². The van der Waals surface area contributed by atoms with Gasteiger partial charge in [-0.05, 0) is 26.0 Å². The van der Waals surface area contributed by atoms with Gasteiger partial charge in [0.2, 0.25) is 0 Å². The highest BCUT2D eigenvalue weighted by molar-refractivity contribution is 5.50. The average molecular weight is 296 g/mol. The van der Waals surface area contributed by atoms with Crippen molar-refractivity contribution in [3.63, 3.8) is 0 Å². The Balaban J connectivity index is 2.04. The number of hydrogen-bond acceptors (Lipinski definition) is 6. The lowest BCUT2D eigenvalue weighted by Crippen LogP contribution is -2.52. The minimum atomic E-state index is -0.484. The molecule has 0 aromatic heterocycles. The minimum absolute atomic E-state index is 0.114. The van der Waals surface area contributed by atoms with E-state index in [1.807, 2.05) is 13.8 Å². The van der Waals surface area contributed by atoms with Gasteiger partial charge in [0.05, 0.1) is 23.7 Å². The number of nitro benzene ring substituents is 1. The molecule has 0 radical (unpaired) electrons. The highest BCUT2D eigenvalue weighted by Crippen LogP contribution is 2.31. The van der Waals surface area contributed by atoms with Gasteiger partial charge in [-0.1, -0.05) is 0 Å². The van der Waals surface area contributed by atoms with Gasteiger partial charge in [0.15, 0.2) is 5.75 Å². The van der Waals surface area contributed by atoms with Crippen molar-refractivity contribution in [2.24, 2.45) is 0 Å². The van der Waals surface area contributed by atoms with E-state index in [-0.39, 0.29) is 29.7 Å². The van der Waals surface area contributed by atoms with Crippen LogP contribution in [0.3, 0.4) is 0 Å². The first-order chi connectivity index (χ1) is 9.91. The Morgan fingerprint density at radius 3 is 2.90 bits per heavy atom. The van der Waals surface area contributed by atoms with E-state index in [2.05, 4.69) is 5.32 Å². The molecule has 7 nitrogen and oxygen atoms in total. The topological polar surface area (TPSA) is 82.9 Å². The molecular weight excluding hydrogens is 276 g/mol. The second-order valence-corrected chi connectivity index (χ2v) is 5.53. The first-order valence-corrected chi connectivity index (χ1v) is 6.75. The minimum Gasteiger partial charge on any atom is -0.496 e. The molecule has 0 saturated carbocycles. The van der Waals surface area contributed by atoms with Gasteiger partial charge in [0, 0.05) is 13.1 Å². The fraction of sp³-hybridized carbons (Fsp3) is 0.571. The van der Waals surface area contributed by atoms with Crippen molar-refractivity contribution in [1.29, 1.82) is 0 Å². The summed E-state index contributed by atoms with van der Waals surface area (Å²) in [5.41, 5.74) is -0.379. The molecule has 1 unspecified atom stereocenters. The predicted octanol–water partition coefficient (Wildman–Crippen LogP) is 1.75. The van der Waals surface area contributed by atoms with Crippen LogP contribution in [0, 0.1) is 10.1 Å². The van der Waals surface area contributed by atoms with E-state index < -0.39 is 4.92 Å². The van der Waals surface area contributed by atoms with Gasteiger partial charge in [0.1, 0.15) is 18.5 Å². The third-order valence-electron chi connectivity index (χ3n) is 3.20. The Bertz CT molecular complexity index is 518. The summed E-state index contributed by atoms with van der Waals surface area (Å²) >= 11 is 0. The highest BCUT2D eigenvalue weighted by Gasteiger charge is 2.29. The maximum Gasteiger partial charge on any atom is 0.314 e. The zero-order valence-electron chi connectivity index (χ0n) is 12.4. The standard InChI is InChI=1S/C14H20N2O5/c1-14(2)9-15-7-11(21-14)8-20-13-5-4-10(19-3)6-12(13)16(17)18/h4-6,11,15H,7-9H2,1-3H3. The van der Waals surface area contributed by atoms with E-state index in [1.165, 1.54) is 13.2 Å². The summed E-state index contributed by atoms with van der Waals surface area (Å²) in [7, 11) is 1.46. The van der Waals surface area contributed by atoms with Crippen LogP contribution in [0.4, 0.5) is 5.69 Å². The van der Waals surface area contributed by atoms with Crippen molar-refractivity contribution in [2.75, 3.05) is 26.8 Å². The quantitative estimate of drug-likeness (QED) is 0.658. The highest BCUT2D eigenvalue weighted by atomic mass is 16.6. The van der Waals surface area contributed by atoms with Crippen molar-refractivity contribution in [3.8, 4) is 11.5 Å². The van der Waals surface area contributed by atoms with Crippen LogP contribution in [0.1, 0.15) is 13.8 Å². The van der Waals surface area contributed by atoms with Gasteiger partial charge < -0.3 is 19.5 Å². The molecule has 1 aromatic rings. The zero-order valence-corrected chi connectivity index (χ0v) is 12.4. The van der Waals surface area contributed by atoms with Crippen LogP contribution >= 0.6 is 0 Å². The monoisotopic (exact) mass is 296 g/mol. The van der Waals surface area contributed by atoms with Crippen LogP contribution in [-0.2, 0) is 4.74 Å². The number of nitro groups is 1. The van der Waals surface area contributed by atoms with Crippen molar-refractivity contribution < 1.29 is 19.1 Å². The van der Waals surface area contributed by atoms with Gasteiger partial charge in [-0.3, -0.25) is 10.1 Å². The van der Waals surface area contributed by atoms with Gasteiger partial charge in [0.25, 0.3) is 0 Å². The van der Waals surface area contributed by atoms with Crippen LogP contribution in [0.2, 0.25) is 0 Å². The lowest BCUT2D eigenvalue weighted by atomic mass is 10.1. The normalized spacial score (nSPS) is 20.8. The van der Waals surface area contributed by atoms with Crippen molar-refractivity contribution in [1.82, 2.24) is 5.32 Å². The van der Waals surface area contributed by atoms with Gasteiger partial charge >= 0.3 is 5.69 Å². The van der Waals surface area contributed by atoms with Crippen molar-refractivity contribution >= 4 is 5.69 Å². The van der Waals surface area contributed by atoms with E-state index in [1.54, 1.807) is 12.1 Å². The summed E-state index contributed by atoms with van der Waals surface area (Å²) in [6.45, 7) is 5.66. The Labute approximate surface area is 123 Å². The second-order valence-electron chi connectivity index (χ2n) is 5.53. The maximum atomic E-state index is 11.1. The molecule has 2 rings (SSSR count). The molecular formula is C14H20N2O5. The lowest BCUT2D eigenvalue weighted by Gasteiger charge is -2.36. The number of ether oxygens (including phenoxy) is 3. The van der Waals surface area contributed by atoms with E-state index in [4.69, 9.17) is 14.2 Å². The molecule has 1 fully saturated rings. The second kappa shape index (κ2) is 6.28. The third kappa shape index (κ3) is 4.05. The molecule has 1 aromatic carbocycles. The number of rotatable bonds is 5. The Hall–Kier alpha value is -1.86. The number of methoxy groups -OCH3 is 1. The number of hydrogen-bond donors (Lipinski definition) is 1. The maximum absolute atomic E-state index is 11.1. The summed E-state index contributed by atoms with van der Waals surface area (Å²) in [5.74, 6) is 0.638. The van der Waals surface area contributed by atoms with Crippen molar-refractivity contribution in [2.45, 2.75) is 25.6 Å². The number of nitrogens with one attached hydrogen (secondary N) is 1. The molecule has 1 atom stereocenters. The average Bonchev–Trinajstić information content (AvgIpc) is 2.43. The lowest BCUT2D eigenvalue weighted by molar-refractivity contribution is -0.386. The van der Waals surface area contributed by atoms with E-state index >= 15 is 0 Å². The van der Waals surface area contributed by atoms with Crippen LogP contribution in [0.15, 0.2) is 18.2 Å². The Kier molecular flexibility index (Phi) is 4.64. The van der Waals surface area contributed by atoms with Crippen LogP contribution in [0.25, 0.3) is 0 Å². The number of nitrogens with zero attached hydrogens (tertiary/aromatic N) is 1. The molecule has 21 heavy (non-hydrogen) atoms. The Morgan fingerprint density at radius 1 is 1.52 bits per heavy atom. The first-order valence-electron chi connectivity index (χ1n) is 6.75. The van der Waals surface area contributed by atoms with Gasteiger partial charge in [-0.25, -0.2) is 0 Å².